The second-order valence-electron chi connectivity index (χ2n) is 7.74. The lowest BCUT2D eigenvalue weighted by molar-refractivity contribution is 0.0977. The number of hydrogen-bond donors (Lipinski definition) is 2. The number of amides is 1. The first-order valence-corrected chi connectivity index (χ1v) is 11.9. The lowest BCUT2D eigenvalue weighted by Gasteiger charge is -2.12. The molecule has 0 unspecified atom stereocenters. The molecule has 0 fully saturated rings. The zero-order valence-electron chi connectivity index (χ0n) is 19.6. The van der Waals surface area contributed by atoms with Crippen LogP contribution in [0.15, 0.2) is 109 Å². The summed E-state index contributed by atoms with van der Waals surface area (Å²) in [5, 5.41) is 5.91. The van der Waals surface area contributed by atoms with E-state index >= 15 is 0 Å². The first kappa shape index (κ1) is 24.8. The van der Waals surface area contributed by atoms with E-state index < -0.39 is 0 Å². The SMILES string of the molecule is O=C(NC(=S)Nc1cccc(OCc2ccccc2)c1)c1ccc(OCCOc2ccccc2)cc1. The number of benzene rings is 4. The van der Waals surface area contributed by atoms with Crippen molar-refractivity contribution in [3.8, 4) is 17.2 Å². The Kier molecular flexibility index (Phi) is 8.89. The van der Waals surface area contributed by atoms with Gasteiger partial charge in [-0.05, 0) is 66.3 Å². The average Bonchev–Trinajstić information content (AvgIpc) is 2.91. The van der Waals surface area contributed by atoms with Crippen LogP contribution < -0.4 is 24.8 Å². The maximum Gasteiger partial charge on any atom is 0.257 e. The molecule has 7 heteroatoms. The Morgan fingerprint density at radius 3 is 1.97 bits per heavy atom. The molecule has 0 aliphatic carbocycles. The number of rotatable bonds is 10. The minimum Gasteiger partial charge on any atom is -0.490 e. The van der Waals surface area contributed by atoms with Crippen LogP contribution in [0.5, 0.6) is 17.2 Å². The second kappa shape index (κ2) is 12.9. The molecule has 0 saturated carbocycles. The van der Waals surface area contributed by atoms with E-state index in [0.29, 0.717) is 42.6 Å². The van der Waals surface area contributed by atoms with Gasteiger partial charge in [-0.2, -0.15) is 0 Å². The van der Waals surface area contributed by atoms with E-state index in [9.17, 15) is 4.79 Å². The van der Waals surface area contributed by atoms with Crippen LogP contribution in [0, 0.1) is 0 Å². The maximum atomic E-state index is 12.6. The fourth-order valence-electron chi connectivity index (χ4n) is 3.28. The van der Waals surface area contributed by atoms with Gasteiger partial charge in [0.05, 0.1) is 0 Å². The molecule has 0 heterocycles. The number of para-hydroxylation sites is 1. The highest BCUT2D eigenvalue weighted by Crippen LogP contribution is 2.19. The molecule has 0 radical (unpaired) electrons. The zero-order chi connectivity index (χ0) is 25.0. The predicted octanol–water partition coefficient (Wildman–Crippen LogP) is 5.85. The molecule has 4 aromatic rings. The van der Waals surface area contributed by atoms with Gasteiger partial charge in [0, 0.05) is 17.3 Å². The van der Waals surface area contributed by atoms with Gasteiger partial charge in [-0.15, -0.1) is 0 Å². The molecule has 0 aliphatic rings. The molecular weight excluding hydrogens is 472 g/mol. The quantitative estimate of drug-likeness (QED) is 0.211. The first-order chi connectivity index (χ1) is 17.7. The third kappa shape index (κ3) is 7.85. The molecule has 4 rings (SSSR count). The van der Waals surface area contributed by atoms with Crippen LogP contribution in [0.3, 0.4) is 0 Å². The summed E-state index contributed by atoms with van der Waals surface area (Å²) in [6.07, 6.45) is 0. The van der Waals surface area contributed by atoms with Crippen molar-refractivity contribution in [3.05, 3.63) is 120 Å². The number of hydrogen-bond acceptors (Lipinski definition) is 5. The average molecular weight is 499 g/mol. The van der Waals surface area contributed by atoms with Crippen molar-refractivity contribution in [3.63, 3.8) is 0 Å². The van der Waals surface area contributed by atoms with Crippen LogP contribution in [-0.2, 0) is 6.61 Å². The third-order valence-corrected chi connectivity index (χ3v) is 5.25. The Hall–Kier alpha value is -4.36. The molecule has 1 amide bonds. The Bertz CT molecular complexity index is 1270. The van der Waals surface area contributed by atoms with Crippen LogP contribution in [0.25, 0.3) is 0 Å². The summed E-state index contributed by atoms with van der Waals surface area (Å²) in [6.45, 7) is 1.28. The standard InChI is InChI=1S/C29H26N2O4S/c32-28(23-14-16-26(17-15-23)34-19-18-33-25-11-5-2-6-12-25)31-29(36)30-24-10-7-13-27(20-24)35-21-22-8-3-1-4-9-22/h1-17,20H,18-19,21H2,(H2,30,31,32,36). The zero-order valence-corrected chi connectivity index (χ0v) is 20.4. The van der Waals surface area contributed by atoms with Crippen LogP contribution >= 0.6 is 12.2 Å². The van der Waals surface area contributed by atoms with Crippen LogP contribution in [0.4, 0.5) is 5.69 Å². The molecule has 182 valence electrons. The second-order valence-corrected chi connectivity index (χ2v) is 8.15. The highest BCUT2D eigenvalue weighted by molar-refractivity contribution is 7.80. The van der Waals surface area contributed by atoms with Gasteiger partial charge in [0.1, 0.15) is 37.1 Å². The molecule has 6 nitrogen and oxygen atoms in total. The van der Waals surface area contributed by atoms with Gasteiger partial charge in [-0.25, -0.2) is 0 Å². The highest BCUT2D eigenvalue weighted by atomic mass is 32.1. The lowest BCUT2D eigenvalue weighted by atomic mass is 10.2. The van der Waals surface area contributed by atoms with Crippen molar-refractivity contribution in [2.45, 2.75) is 6.61 Å². The molecule has 36 heavy (non-hydrogen) atoms. The smallest absolute Gasteiger partial charge is 0.257 e. The first-order valence-electron chi connectivity index (χ1n) is 11.5. The van der Waals surface area contributed by atoms with Gasteiger partial charge in [0.25, 0.3) is 5.91 Å². The molecule has 0 saturated heterocycles. The van der Waals surface area contributed by atoms with E-state index in [4.69, 9.17) is 26.4 Å². The van der Waals surface area contributed by atoms with E-state index in [0.717, 1.165) is 11.3 Å². The van der Waals surface area contributed by atoms with E-state index in [1.165, 1.54) is 0 Å². The van der Waals surface area contributed by atoms with Crippen LogP contribution in [-0.4, -0.2) is 24.2 Å². The summed E-state index contributed by atoms with van der Waals surface area (Å²) in [6, 6.07) is 33.7. The molecule has 0 aromatic heterocycles. The van der Waals surface area contributed by atoms with E-state index in [-0.39, 0.29) is 11.0 Å². The number of anilines is 1. The van der Waals surface area contributed by atoms with Gasteiger partial charge in [-0.1, -0.05) is 54.6 Å². The minimum absolute atomic E-state index is 0.193. The van der Waals surface area contributed by atoms with E-state index in [2.05, 4.69) is 10.6 Å². The fraction of sp³-hybridized carbons (Fsp3) is 0.103. The highest BCUT2D eigenvalue weighted by Gasteiger charge is 2.09. The normalized spacial score (nSPS) is 10.2. The molecule has 0 atom stereocenters. The summed E-state index contributed by atoms with van der Waals surface area (Å²) in [4.78, 5) is 12.6. The predicted molar refractivity (Wildman–Crippen MR) is 145 cm³/mol. The third-order valence-electron chi connectivity index (χ3n) is 5.05. The van der Waals surface area contributed by atoms with Gasteiger partial charge < -0.3 is 19.5 Å². The number of ether oxygens (including phenoxy) is 3. The number of carbonyl (C=O) groups is 1. The summed E-state index contributed by atoms with van der Waals surface area (Å²) in [7, 11) is 0. The fourth-order valence-corrected chi connectivity index (χ4v) is 3.49. The van der Waals surface area contributed by atoms with E-state index in [1.807, 2.05) is 84.9 Å². The van der Waals surface area contributed by atoms with Gasteiger partial charge in [-0.3, -0.25) is 10.1 Å². The Morgan fingerprint density at radius 2 is 1.28 bits per heavy atom. The topological polar surface area (TPSA) is 68.8 Å². The largest absolute Gasteiger partial charge is 0.490 e. The molecule has 2 N–H and O–H groups in total. The molecule has 0 spiro atoms. The summed E-state index contributed by atoms with van der Waals surface area (Å²) in [5.74, 6) is 1.83. The Morgan fingerprint density at radius 1 is 0.667 bits per heavy atom. The molecule has 0 aliphatic heterocycles. The van der Waals surface area contributed by atoms with Gasteiger partial charge >= 0.3 is 0 Å². The number of carbonyl (C=O) groups excluding carboxylic acids is 1. The van der Waals surface area contributed by atoms with Gasteiger partial charge in [0.2, 0.25) is 0 Å². The van der Waals surface area contributed by atoms with Crippen molar-refractivity contribution >= 4 is 28.9 Å². The maximum absolute atomic E-state index is 12.6. The minimum atomic E-state index is -0.317. The Labute approximate surface area is 215 Å². The number of nitrogens with one attached hydrogen (secondary N) is 2. The molecule has 0 bridgehead atoms. The van der Waals surface area contributed by atoms with Crippen LogP contribution in [0.1, 0.15) is 15.9 Å². The molecular formula is C29H26N2O4S. The summed E-state index contributed by atoms with van der Waals surface area (Å²) >= 11 is 5.31. The van der Waals surface area contributed by atoms with E-state index in [1.54, 1.807) is 24.3 Å². The van der Waals surface area contributed by atoms with Crippen molar-refractivity contribution in [1.82, 2.24) is 5.32 Å². The summed E-state index contributed by atoms with van der Waals surface area (Å²) < 4.78 is 17.1. The Balaban J connectivity index is 1.21. The molecule has 4 aromatic carbocycles. The number of thiocarbonyl (C=S) groups is 1. The van der Waals surface area contributed by atoms with Crippen molar-refractivity contribution in [2.75, 3.05) is 18.5 Å². The van der Waals surface area contributed by atoms with Crippen molar-refractivity contribution in [2.24, 2.45) is 0 Å². The lowest BCUT2D eigenvalue weighted by Crippen LogP contribution is -2.34. The monoisotopic (exact) mass is 498 g/mol. The van der Waals surface area contributed by atoms with Gasteiger partial charge in [0.15, 0.2) is 5.11 Å². The summed E-state index contributed by atoms with van der Waals surface area (Å²) in [5.41, 5.74) is 2.26. The van der Waals surface area contributed by atoms with Crippen molar-refractivity contribution in [1.29, 1.82) is 0 Å². The van der Waals surface area contributed by atoms with Crippen LogP contribution in [0.2, 0.25) is 0 Å². The van der Waals surface area contributed by atoms with Crippen molar-refractivity contribution < 1.29 is 19.0 Å².